The van der Waals surface area contributed by atoms with Gasteiger partial charge in [-0.15, -0.1) is 5.59 Å². The van der Waals surface area contributed by atoms with Crippen LogP contribution in [-0.2, 0) is 7.05 Å². The van der Waals surface area contributed by atoms with Gasteiger partial charge < -0.3 is 4.57 Å². The topological polar surface area (TPSA) is 4.93 Å². The van der Waals surface area contributed by atoms with Gasteiger partial charge >= 0.3 is 0 Å². The van der Waals surface area contributed by atoms with E-state index in [9.17, 15) is 0 Å². The first-order valence-electron chi connectivity index (χ1n) is 11.0. The van der Waals surface area contributed by atoms with Crippen molar-refractivity contribution in [3.63, 3.8) is 0 Å². The second-order valence-corrected chi connectivity index (χ2v) is 9.54. The van der Waals surface area contributed by atoms with Gasteiger partial charge in [0.05, 0.1) is 6.15 Å². The molecule has 2 saturated heterocycles. The van der Waals surface area contributed by atoms with Gasteiger partial charge in [0.15, 0.2) is 0 Å². The highest BCUT2D eigenvalue weighted by Gasteiger charge is 2.50. The molecule has 25 heavy (non-hydrogen) atoms. The quantitative estimate of drug-likeness (QED) is 0.570. The van der Waals surface area contributed by atoms with Crippen LogP contribution in [0.4, 0.5) is 0 Å². The molecule has 0 unspecified atom stereocenters. The number of aryl methyl sites for hydroxylation is 1. The van der Waals surface area contributed by atoms with Crippen LogP contribution in [0.5, 0.6) is 0 Å². The Kier molecular flexibility index (Phi) is 3.99. The minimum Gasteiger partial charge on any atom is -0.386 e. The molecule has 3 fully saturated rings. The summed E-state index contributed by atoms with van der Waals surface area (Å²) < 4.78 is 2.63. The molecular weight excluding hydrogens is 301 g/mol. The van der Waals surface area contributed by atoms with Gasteiger partial charge in [-0.2, -0.15) is 17.5 Å². The Hall–Kier alpha value is -1.18. The average Bonchev–Trinajstić information content (AvgIpc) is 2.99. The molecule has 3 aliphatic rings. The lowest BCUT2D eigenvalue weighted by molar-refractivity contribution is 0.399. The van der Waals surface area contributed by atoms with Crippen LogP contribution in [-0.4, -0.2) is 10.7 Å². The van der Waals surface area contributed by atoms with Crippen molar-refractivity contribution < 1.29 is 0 Å². The molecule has 1 nitrogen and oxygen atoms in total. The number of para-hydroxylation sites is 1. The number of aromatic nitrogens is 1. The summed E-state index contributed by atoms with van der Waals surface area (Å²) in [4.78, 5) is 0. The molecule has 0 spiro atoms. The number of rotatable bonds is 2. The van der Waals surface area contributed by atoms with E-state index in [4.69, 9.17) is 0 Å². The van der Waals surface area contributed by atoms with E-state index in [2.05, 4.69) is 41.9 Å². The first-order chi connectivity index (χ1) is 12.3. The molecule has 2 heteroatoms. The van der Waals surface area contributed by atoms with E-state index < -0.39 is 6.15 Å². The van der Waals surface area contributed by atoms with Crippen molar-refractivity contribution in [1.29, 1.82) is 0 Å². The maximum Gasteiger partial charge on any atom is 0.0558 e. The maximum absolute atomic E-state index is 2.63. The molecule has 1 aliphatic carbocycles. The van der Waals surface area contributed by atoms with Gasteiger partial charge in [-0.05, 0) is 11.5 Å². The van der Waals surface area contributed by atoms with E-state index in [1.54, 1.807) is 5.59 Å². The summed E-state index contributed by atoms with van der Waals surface area (Å²) in [7, 11) is 2.37. The van der Waals surface area contributed by atoms with Crippen molar-refractivity contribution in [2.75, 3.05) is 0 Å². The molecule has 134 valence electrons. The standard InChI is InChI=1S/C23H33BN/c1-25-22-16-6-5-9-18(22)17-23(25)24(19-10-3-2-4-11-19)20-12-7-13-21(24)15-8-14-20/h5-6,9,16-17,19-21H,2-4,7-8,10-15H2,1H3/q-1. The minimum atomic E-state index is -0.399. The molecule has 0 amide bonds. The fourth-order valence-corrected chi connectivity index (χ4v) is 8.03. The maximum atomic E-state index is 2.63. The third-order valence-electron chi connectivity index (χ3n) is 8.79. The summed E-state index contributed by atoms with van der Waals surface area (Å²) in [5.41, 5.74) is 3.22. The number of benzene rings is 1. The zero-order valence-corrected chi connectivity index (χ0v) is 15.9. The second kappa shape index (κ2) is 6.22. The molecule has 1 aromatic heterocycles. The minimum absolute atomic E-state index is 0.399. The summed E-state index contributed by atoms with van der Waals surface area (Å²) in [6, 6.07) is 11.7. The first kappa shape index (κ1) is 16.0. The molecule has 2 bridgehead atoms. The predicted molar refractivity (Wildman–Crippen MR) is 110 cm³/mol. The van der Waals surface area contributed by atoms with Gasteiger partial charge in [0.25, 0.3) is 0 Å². The SMILES string of the molecule is Cn1c([B-]2(C3CCCCC3)C3CCCC2CCC3)cc2ccccc21. The molecule has 0 atom stereocenters. The fourth-order valence-electron chi connectivity index (χ4n) is 8.03. The Morgan fingerprint density at radius 2 is 1.32 bits per heavy atom. The number of hydrogen-bond acceptors (Lipinski definition) is 0. The molecular formula is C23H33BN-. The molecule has 2 aliphatic heterocycles. The van der Waals surface area contributed by atoms with Crippen LogP contribution < -0.4 is 5.59 Å². The molecule has 5 rings (SSSR count). The van der Waals surface area contributed by atoms with Gasteiger partial charge in [0.1, 0.15) is 0 Å². The third kappa shape index (κ3) is 2.28. The molecule has 0 N–H and O–H groups in total. The molecule has 1 saturated carbocycles. The Balaban J connectivity index is 1.73. The zero-order chi connectivity index (χ0) is 16.9. The molecule has 2 aromatic rings. The van der Waals surface area contributed by atoms with Gasteiger partial charge in [0, 0.05) is 12.6 Å². The van der Waals surface area contributed by atoms with Gasteiger partial charge in [-0.1, -0.05) is 94.9 Å². The van der Waals surface area contributed by atoms with Crippen LogP contribution in [0.3, 0.4) is 0 Å². The van der Waals surface area contributed by atoms with Crippen LogP contribution >= 0.6 is 0 Å². The predicted octanol–water partition coefficient (Wildman–Crippen LogP) is 6.28. The lowest BCUT2D eigenvalue weighted by atomic mass is 9.03. The summed E-state index contributed by atoms with van der Waals surface area (Å²) >= 11 is 0. The zero-order valence-electron chi connectivity index (χ0n) is 15.9. The van der Waals surface area contributed by atoms with Gasteiger partial charge in [0.2, 0.25) is 0 Å². The van der Waals surface area contributed by atoms with E-state index >= 15 is 0 Å². The third-order valence-corrected chi connectivity index (χ3v) is 8.79. The lowest BCUT2D eigenvalue weighted by Crippen LogP contribution is -2.64. The Bertz CT molecular complexity index is 733. The van der Waals surface area contributed by atoms with Gasteiger partial charge in [-0.25, -0.2) is 0 Å². The van der Waals surface area contributed by atoms with Crippen molar-refractivity contribution >= 4 is 22.6 Å². The van der Waals surface area contributed by atoms with E-state index in [1.807, 2.05) is 0 Å². The van der Waals surface area contributed by atoms with Crippen molar-refractivity contribution in [1.82, 2.24) is 4.57 Å². The van der Waals surface area contributed by atoms with Crippen LogP contribution in [0, 0.1) is 0 Å². The first-order valence-corrected chi connectivity index (χ1v) is 11.0. The highest BCUT2D eigenvalue weighted by atomic mass is 14.9. The summed E-state index contributed by atoms with van der Waals surface area (Å²) in [6.07, 6.45) is 16.1. The monoisotopic (exact) mass is 334 g/mol. The Morgan fingerprint density at radius 3 is 1.92 bits per heavy atom. The van der Waals surface area contributed by atoms with Crippen molar-refractivity contribution in [3.05, 3.63) is 30.3 Å². The summed E-state index contributed by atoms with van der Waals surface area (Å²) in [5, 5.41) is 1.47. The van der Waals surface area contributed by atoms with E-state index in [-0.39, 0.29) is 0 Å². The largest absolute Gasteiger partial charge is 0.386 e. The number of hydrogen-bond donors (Lipinski definition) is 0. The highest BCUT2D eigenvalue weighted by molar-refractivity contribution is 6.95. The van der Waals surface area contributed by atoms with Crippen molar-refractivity contribution in [2.24, 2.45) is 7.05 Å². The van der Waals surface area contributed by atoms with Crippen LogP contribution in [0.25, 0.3) is 10.9 Å². The van der Waals surface area contributed by atoms with E-state index in [1.165, 1.54) is 81.5 Å². The van der Waals surface area contributed by atoms with E-state index in [0.717, 1.165) is 17.5 Å². The smallest absolute Gasteiger partial charge is 0.0558 e. The van der Waals surface area contributed by atoms with Crippen molar-refractivity contribution in [3.8, 4) is 0 Å². The van der Waals surface area contributed by atoms with Gasteiger partial charge in [-0.3, -0.25) is 0 Å². The number of nitrogens with zero attached hydrogens (tertiary/aromatic N) is 1. The van der Waals surface area contributed by atoms with Crippen LogP contribution in [0.15, 0.2) is 30.3 Å². The van der Waals surface area contributed by atoms with Crippen molar-refractivity contribution in [2.45, 2.75) is 88.1 Å². The summed E-state index contributed by atoms with van der Waals surface area (Å²) in [6.45, 7) is 0. The van der Waals surface area contributed by atoms with Crippen LogP contribution in [0.1, 0.15) is 70.6 Å². The average molecular weight is 334 g/mol. The lowest BCUT2D eigenvalue weighted by Gasteiger charge is -2.64. The molecule has 3 heterocycles. The highest BCUT2D eigenvalue weighted by Crippen LogP contribution is 2.60. The van der Waals surface area contributed by atoms with Crippen LogP contribution in [0.2, 0.25) is 17.5 Å². The molecule has 0 radical (unpaired) electrons. The Morgan fingerprint density at radius 1 is 0.760 bits per heavy atom. The molecule has 1 aromatic carbocycles. The van der Waals surface area contributed by atoms with E-state index in [0.29, 0.717) is 0 Å². The Labute approximate surface area is 153 Å². The summed E-state index contributed by atoms with van der Waals surface area (Å²) in [5.74, 6) is 2.99. The normalized spacial score (nSPS) is 33.6. The number of fused-ring (bicyclic) bond motifs is 3. The fraction of sp³-hybridized carbons (Fsp3) is 0.652. The second-order valence-electron chi connectivity index (χ2n) is 9.54.